The fourth-order valence-electron chi connectivity index (χ4n) is 0.578. The van der Waals surface area contributed by atoms with Gasteiger partial charge in [0, 0.05) is 32.9 Å². The van der Waals surface area contributed by atoms with Crippen LogP contribution in [0, 0.1) is 0 Å². The molecule has 0 aliphatic carbocycles. The zero-order chi connectivity index (χ0) is 44.2. The van der Waals surface area contributed by atoms with E-state index in [2.05, 4.69) is 0 Å². The Morgan fingerprint density at radius 3 is 2.10 bits per heavy atom. The zero-order valence-corrected chi connectivity index (χ0v) is 10.8. The highest BCUT2D eigenvalue weighted by Crippen LogP contribution is 2.12. The molecule has 0 fully saturated rings. The lowest BCUT2D eigenvalue weighted by Crippen LogP contribution is -2.36. The Morgan fingerprint density at radius 1 is 1.10 bits per heavy atom. The minimum Gasteiger partial charge on any atom is -0.395 e. The van der Waals surface area contributed by atoms with E-state index in [0.29, 0.717) is 6.92 Å². The molecular weight excluding hydrogens is 262 g/mol. The van der Waals surface area contributed by atoms with Crippen LogP contribution in [0.15, 0.2) is 12.1 Å². The number of nitrogens with two attached hydrogens (primary N) is 1. The average Bonchev–Trinajstić information content (AvgIpc) is 2.92. The third-order valence-corrected chi connectivity index (χ3v) is 1.32. The standard InChI is InChI=1S/C18H37NO2/c1-2-3-4-5-6-7-8-9-10-11-12-13-14-15-18(21)17(19)16-20/h14-15,17-18,20-21H,2-13,16,19H2,1H3/b15-14+/t17-,18+/m0/s1/i2D2,3D2,4D2,5D2,6D2,7D2,8D2,9D2,10D2,11D2,12D2,13D2,14D,15D,16D2,17D,18D/hD2. The molecule has 21 heavy (non-hydrogen) atoms. The van der Waals surface area contributed by atoms with Crippen LogP contribution in [0.4, 0.5) is 0 Å². The number of rotatable bonds is 16. The van der Waals surface area contributed by atoms with Crippen molar-refractivity contribution >= 4 is 0 Å². The zero-order valence-electron chi connectivity index (χ0n) is 42.8. The summed E-state index contributed by atoms with van der Waals surface area (Å²) >= 11 is 0. The molecule has 0 heterocycles. The Kier molecular flexibility index (Phi) is 2.27. The minimum atomic E-state index is -5.09. The molecule has 0 aliphatic heterocycles. The molecule has 3 nitrogen and oxygen atoms in total. The van der Waals surface area contributed by atoms with E-state index in [0.717, 1.165) is 0 Å². The van der Waals surface area contributed by atoms with E-state index < -0.39 is 113 Å². The first-order valence-electron chi connectivity index (χ1n) is 21.1. The van der Waals surface area contributed by atoms with E-state index in [1.54, 1.807) is 0 Å². The monoisotopic (exact) mass is 331 g/mol. The molecule has 3 heteroatoms. The lowest BCUT2D eigenvalue weighted by atomic mass is 10.0. The van der Waals surface area contributed by atoms with Gasteiger partial charge in [-0.25, -0.2) is 0 Å². The minimum absolute atomic E-state index is 0.380. The van der Waals surface area contributed by atoms with Crippen LogP contribution >= 0.6 is 0 Å². The van der Waals surface area contributed by atoms with E-state index in [-0.39, 0.29) is 0 Å². The van der Waals surface area contributed by atoms with Gasteiger partial charge in [-0.2, -0.15) is 0 Å². The maximum absolute atomic E-state index is 10.5. The van der Waals surface area contributed by atoms with Gasteiger partial charge in [0.2, 0.25) is 0 Å². The lowest BCUT2D eigenvalue weighted by Gasteiger charge is -2.11. The lowest BCUT2D eigenvalue weighted by molar-refractivity contribution is 0.144. The smallest absolute Gasteiger partial charge is 0.119 e. The van der Waals surface area contributed by atoms with Crippen LogP contribution < -0.4 is 5.72 Å². The summed E-state index contributed by atoms with van der Waals surface area (Å²) in [5, 5.41) is 20.1. The SMILES string of the molecule is [2H]/C(=C(/[2H])[C@@]([2H])(O)[C@@]([2H])(N([2H])[2H])C([2H])([2H])O)C([2H])([2H])C([2H])([2H])C([2H])([2H])C([2H])([2H])C([2H])([2H])C([2H])([2H])C([2H])([2H])C([2H])([2H])C([2H])([2H])C([2H])([2H])C([2H])([2H])C([2H])([2H])C. The van der Waals surface area contributed by atoms with Crippen molar-refractivity contribution in [3.8, 4) is 0 Å². The molecule has 0 saturated carbocycles. The Balaban J connectivity index is 7.78. The molecule has 0 spiro atoms. The van der Waals surface area contributed by atoms with Crippen LogP contribution in [0.25, 0.3) is 0 Å². The van der Waals surface area contributed by atoms with Crippen molar-refractivity contribution in [1.82, 2.24) is 0 Å². The normalized spacial score (nSPS) is 50.1. The summed E-state index contributed by atoms with van der Waals surface area (Å²) in [6.45, 7) is -3.98. The van der Waals surface area contributed by atoms with Crippen molar-refractivity contribution in [2.75, 3.05) is 6.56 Å². The van der Waals surface area contributed by atoms with Gasteiger partial charge in [0.15, 0.2) is 0 Å². The molecule has 2 atom stereocenters. The van der Waals surface area contributed by atoms with Gasteiger partial charge >= 0.3 is 0 Å². The van der Waals surface area contributed by atoms with Crippen LogP contribution in [-0.2, 0) is 0 Å². The molecule has 4 N–H and O–H groups in total. The summed E-state index contributed by atoms with van der Waals surface area (Å²) in [5.74, 6) is 0. The van der Waals surface area contributed by atoms with Crippen molar-refractivity contribution in [1.29, 1.82) is 0 Å². The number of aliphatic hydroxyl groups is 2. The molecule has 0 unspecified atom stereocenters. The van der Waals surface area contributed by atoms with Crippen LogP contribution in [0.3, 0.4) is 0 Å². The fourth-order valence-corrected chi connectivity index (χ4v) is 0.578. The summed E-state index contributed by atoms with van der Waals surface area (Å²) < 4.78 is 254. The second-order valence-corrected chi connectivity index (χ2v) is 2.68. The molecule has 0 amide bonds. The van der Waals surface area contributed by atoms with Crippen molar-refractivity contribution in [2.45, 2.75) is 95.5 Å². The molecule has 0 rings (SSSR count). The van der Waals surface area contributed by atoms with Crippen LogP contribution in [0.5, 0.6) is 0 Å². The van der Waals surface area contributed by atoms with Gasteiger partial charge in [-0.1, -0.05) is 82.8 Å². The molecule has 0 saturated heterocycles. The summed E-state index contributed by atoms with van der Waals surface area (Å²) in [7, 11) is 0. The Hall–Kier alpha value is -0.380. The van der Waals surface area contributed by atoms with E-state index in [9.17, 15) is 10.2 Å². The summed E-state index contributed by atoms with van der Waals surface area (Å²) in [5.41, 5.74) is -1.21. The molecule has 0 aromatic carbocycles. The first-order valence-corrected chi connectivity index (χ1v) is 5.17. The van der Waals surface area contributed by atoms with E-state index in [4.69, 9.17) is 43.9 Å². The fraction of sp³-hybridized carbons (Fsp3) is 0.889. The maximum atomic E-state index is 10.5. The van der Waals surface area contributed by atoms with Crippen LogP contribution in [0.2, 0.25) is 2.82 Å². The molecule has 0 aromatic heterocycles. The van der Waals surface area contributed by atoms with Crippen molar-refractivity contribution in [2.24, 2.45) is 5.72 Å². The van der Waals surface area contributed by atoms with Gasteiger partial charge in [0.05, 0.1) is 26.9 Å². The number of allylic oxidation sites excluding steroid dienone is 1. The molecule has 0 aromatic rings. The summed E-state index contributed by atoms with van der Waals surface area (Å²) in [6, 6.07) is -9.38. The highest BCUT2D eigenvalue weighted by Gasteiger charge is 2.08. The highest BCUT2D eigenvalue weighted by molar-refractivity contribution is 4.93. The Labute approximate surface area is 176 Å². The number of hydrogen-bond donors (Lipinski definition) is 3. The van der Waals surface area contributed by atoms with Crippen LogP contribution in [-0.4, -0.2) is 28.9 Å². The molecule has 126 valence electrons. The molecule has 0 aliphatic rings. The van der Waals surface area contributed by atoms with Gasteiger partial charge in [-0.15, -0.1) is 0 Å². The van der Waals surface area contributed by atoms with Gasteiger partial charge in [0.25, 0.3) is 0 Å². The van der Waals surface area contributed by atoms with E-state index in [1.165, 1.54) is 0 Å². The van der Waals surface area contributed by atoms with Gasteiger partial charge in [0.1, 0.15) is 2.82 Å². The summed E-state index contributed by atoms with van der Waals surface area (Å²) in [4.78, 5) is 0. The molecule has 0 bridgehead atoms. The topological polar surface area (TPSA) is 66.5 Å². The highest BCUT2D eigenvalue weighted by atomic mass is 16.3. The van der Waals surface area contributed by atoms with Gasteiger partial charge < -0.3 is 15.9 Å². The maximum Gasteiger partial charge on any atom is 0.119 e. The summed E-state index contributed by atoms with van der Waals surface area (Å²) in [6.07, 6.45) is -61.0. The average molecular weight is 332 g/mol. The Morgan fingerprint density at radius 2 is 1.62 bits per heavy atom. The van der Waals surface area contributed by atoms with Gasteiger partial charge in [-0.05, 0) is 12.7 Å². The third-order valence-electron chi connectivity index (χ3n) is 1.32. The van der Waals surface area contributed by atoms with Crippen molar-refractivity contribution in [3.05, 3.63) is 12.1 Å². The predicted octanol–water partition coefficient (Wildman–Crippen LogP) is 3.92. The molecular formula is C18H37NO2. The first-order chi connectivity index (χ1) is 22.3. The Bertz CT molecular complexity index is 1380. The van der Waals surface area contributed by atoms with E-state index in [1.807, 2.05) is 0 Å². The second-order valence-electron chi connectivity index (χ2n) is 2.68. The van der Waals surface area contributed by atoms with Crippen molar-refractivity contribution in [3.63, 3.8) is 0 Å². The van der Waals surface area contributed by atoms with E-state index >= 15 is 0 Å². The largest absolute Gasteiger partial charge is 0.395 e. The molecule has 0 radical (unpaired) electrons. The third kappa shape index (κ3) is 14.3. The predicted molar refractivity (Wildman–Crippen MR) is 91.3 cm³/mol. The van der Waals surface area contributed by atoms with Crippen LogP contribution in [0.1, 0.15) is 125 Å². The number of hydrogen-bond acceptors (Lipinski definition) is 3. The van der Waals surface area contributed by atoms with Gasteiger partial charge in [-0.3, -0.25) is 0 Å². The first kappa shape index (κ1) is 2.98. The van der Waals surface area contributed by atoms with Crippen molar-refractivity contribution < 1.29 is 54.2 Å². The second kappa shape index (κ2) is 16.0. The quantitative estimate of drug-likeness (QED) is 0.375.